The second-order valence-electron chi connectivity index (χ2n) is 17.4. The first-order valence-corrected chi connectivity index (χ1v) is 26.4. The molecule has 0 heterocycles. The molecule has 0 rings (SSSR count). The van der Waals surface area contributed by atoms with Crippen LogP contribution in [0.25, 0.3) is 0 Å². The summed E-state index contributed by atoms with van der Waals surface area (Å²) in [5, 5.41) is 0. The lowest BCUT2D eigenvalue weighted by atomic mass is 10.1. The molecule has 0 N–H and O–H groups in total. The molecule has 0 aromatic carbocycles. The summed E-state index contributed by atoms with van der Waals surface area (Å²) in [5.74, 6) is -0.949. The Kier molecular flexibility index (Phi) is 48.9. The summed E-state index contributed by atoms with van der Waals surface area (Å²) in [4.78, 5) is 38.0. The van der Waals surface area contributed by atoms with Gasteiger partial charge in [0.15, 0.2) is 6.10 Å². The molecular formula is C57H98O6. The van der Waals surface area contributed by atoms with Crippen LogP contribution in [0.5, 0.6) is 0 Å². The van der Waals surface area contributed by atoms with Crippen LogP contribution in [-0.4, -0.2) is 37.2 Å². The molecule has 0 amide bonds. The van der Waals surface area contributed by atoms with Crippen molar-refractivity contribution < 1.29 is 28.6 Å². The highest BCUT2D eigenvalue weighted by atomic mass is 16.6. The standard InChI is InChI=1S/C57H98O6/c1-4-7-10-13-16-19-22-25-27-28-30-32-35-38-41-44-47-50-56(59)62-53-54(52-61-55(58)49-46-43-40-37-34-31-24-21-18-15-12-9-6-3)63-57(60)51-48-45-42-39-36-33-29-26-23-20-17-14-11-8-5-2/h8,11,17,20-21,24-27,29,36,39,54H,4-7,9-10,12-16,18-19,22-23,28,30-35,37-38,40-53H2,1-3H3/b11-8-,20-17-,24-21-,27-25-,29-26-,39-36-/t54-/m0/s1. The van der Waals surface area contributed by atoms with Crippen LogP contribution in [0.15, 0.2) is 72.9 Å². The highest BCUT2D eigenvalue weighted by Gasteiger charge is 2.19. The van der Waals surface area contributed by atoms with E-state index in [1.807, 2.05) is 0 Å². The Morgan fingerprint density at radius 1 is 0.333 bits per heavy atom. The Balaban J connectivity index is 4.45. The average molecular weight is 879 g/mol. The van der Waals surface area contributed by atoms with Crippen molar-refractivity contribution in [2.45, 2.75) is 258 Å². The Hall–Kier alpha value is -3.15. The zero-order valence-corrected chi connectivity index (χ0v) is 41.3. The minimum Gasteiger partial charge on any atom is -0.462 e. The second kappa shape index (κ2) is 51.5. The summed E-state index contributed by atoms with van der Waals surface area (Å²) in [6.07, 6.45) is 64.6. The van der Waals surface area contributed by atoms with Gasteiger partial charge in [0.1, 0.15) is 13.2 Å². The number of hydrogen-bond donors (Lipinski definition) is 0. The van der Waals surface area contributed by atoms with Crippen molar-refractivity contribution >= 4 is 17.9 Å². The molecule has 0 saturated carbocycles. The Bertz CT molecular complexity index is 1190. The molecule has 6 nitrogen and oxygen atoms in total. The summed E-state index contributed by atoms with van der Waals surface area (Å²) in [5.41, 5.74) is 0. The van der Waals surface area contributed by atoms with Crippen molar-refractivity contribution in [3.63, 3.8) is 0 Å². The first kappa shape index (κ1) is 59.9. The third kappa shape index (κ3) is 49.7. The number of carbonyl (C=O) groups is 3. The summed E-state index contributed by atoms with van der Waals surface area (Å²) >= 11 is 0. The van der Waals surface area contributed by atoms with E-state index in [0.717, 1.165) is 83.5 Å². The van der Waals surface area contributed by atoms with Crippen LogP contribution >= 0.6 is 0 Å². The van der Waals surface area contributed by atoms with Gasteiger partial charge in [-0.2, -0.15) is 0 Å². The highest BCUT2D eigenvalue weighted by molar-refractivity contribution is 5.71. The molecule has 0 fully saturated rings. The van der Waals surface area contributed by atoms with E-state index in [0.29, 0.717) is 19.3 Å². The molecule has 0 saturated heterocycles. The minimum absolute atomic E-state index is 0.0968. The fourth-order valence-corrected chi connectivity index (χ4v) is 7.19. The average Bonchev–Trinajstić information content (AvgIpc) is 3.28. The molecule has 0 aliphatic rings. The van der Waals surface area contributed by atoms with E-state index in [1.165, 1.54) is 122 Å². The molecule has 0 aromatic rings. The molecule has 6 heteroatoms. The van der Waals surface area contributed by atoms with Gasteiger partial charge in [-0.25, -0.2) is 0 Å². The Morgan fingerprint density at radius 2 is 0.619 bits per heavy atom. The third-order valence-electron chi connectivity index (χ3n) is 11.2. The first-order chi connectivity index (χ1) is 31.0. The number of hydrogen-bond acceptors (Lipinski definition) is 6. The molecule has 0 bridgehead atoms. The van der Waals surface area contributed by atoms with Gasteiger partial charge in [-0.1, -0.05) is 196 Å². The van der Waals surface area contributed by atoms with Gasteiger partial charge in [0, 0.05) is 19.3 Å². The maximum atomic E-state index is 12.8. The molecule has 0 unspecified atom stereocenters. The van der Waals surface area contributed by atoms with Gasteiger partial charge in [-0.3, -0.25) is 14.4 Å². The third-order valence-corrected chi connectivity index (χ3v) is 11.2. The number of ether oxygens (including phenoxy) is 3. The van der Waals surface area contributed by atoms with E-state index >= 15 is 0 Å². The van der Waals surface area contributed by atoms with Crippen molar-refractivity contribution in [3.05, 3.63) is 72.9 Å². The summed E-state index contributed by atoms with van der Waals surface area (Å²) in [7, 11) is 0. The fourth-order valence-electron chi connectivity index (χ4n) is 7.19. The van der Waals surface area contributed by atoms with Gasteiger partial charge >= 0.3 is 17.9 Å². The smallest absolute Gasteiger partial charge is 0.306 e. The normalized spacial score (nSPS) is 12.6. The van der Waals surface area contributed by atoms with Crippen molar-refractivity contribution in [1.29, 1.82) is 0 Å². The van der Waals surface area contributed by atoms with Gasteiger partial charge in [0.2, 0.25) is 0 Å². The van der Waals surface area contributed by atoms with Crippen LogP contribution in [0.3, 0.4) is 0 Å². The predicted octanol–water partition coefficient (Wildman–Crippen LogP) is 17.4. The van der Waals surface area contributed by atoms with Gasteiger partial charge < -0.3 is 14.2 Å². The van der Waals surface area contributed by atoms with Crippen molar-refractivity contribution in [2.24, 2.45) is 0 Å². The maximum absolute atomic E-state index is 12.8. The zero-order valence-electron chi connectivity index (χ0n) is 41.3. The van der Waals surface area contributed by atoms with Gasteiger partial charge in [-0.05, 0) is 109 Å². The predicted molar refractivity (Wildman–Crippen MR) is 270 cm³/mol. The fraction of sp³-hybridized carbons (Fsp3) is 0.737. The molecule has 0 spiro atoms. The molecule has 0 aliphatic heterocycles. The quantitative estimate of drug-likeness (QED) is 0.0262. The molecular weight excluding hydrogens is 781 g/mol. The number of carbonyl (C=O) groups excluding carboxylic acids is 3. The lowest BCUT2D eigenvalue weighted by Gasteiger charge is -2.18. The van der Waals surface area contributed by atoms with Gasteiger partial charge in [0.05, 0.1) is 0 Å². The lowest BCUT2D eigenvalue weighted by Crippen LogP contribution is -2.30. The van der Waals surface area contributed by atoms with E-state index in [-0.39, 0.29) is 37.5 Å². The monoisotopic (exact) mass is 879 g/mol. The summed E-state index contributed by atoms with van der Waals surface area (Å²) in [6, 6.07) is 0. The number of unbranched alkanes of at least 4 members (excludes halogenated alkanes) is 24. The van der Waals surface area contributed by atoms with E-state index in [4.69, 9.17) is 14.2 Å². The number of rotatable bonds is 47. The molecule has 0 aliphatic carbocycles. The Labute approximate surface area is 389 Å². The summed E-state index contributed by atoms with van der Waals surface area (Å²) < 4.78 is 16.8. The molecule has 362 valence electrons. The topological polar surface area (TPSA) is 78.9 Å². The molecule has 0 radical (unpaired) electrons. The molecule has 63 heavy (non-hydrogen) atoms. The zero-order chi connectivity index (χ0) is 45.8. The van der Waals surface area contributed by atoms with Crippen LogP contribution in [0.2, 0.25) is 0 Å². The van der Waals surface area contributed by atoms with E-state index < -0.39 is 6.10 Å². The van der Waals surface area contributed by atoms with E-state index in [2.05, 4.69) is 93.7 Å². The summed E-state index contributed by atoms with van der Waals surface area (Å²) in [6.45, 7) is 6.46. The number of allylic oxidation sites excluding steroid dienone is 12. The van der Waals surface area contributed by atoms with Crippen LogP contribution in [0, 0.1) is 0 Å². The SMILES string of the molecule is CC/C=C\C/C=C\C/C=C\C/C=C\CCCCC(=O)O[C@@H](COC(=O)CCCCCCC/C=C\CCCCCC)COC(=O)CCCCCCCCC/C=C\CCCCCCCC. The maximum Gasteiger partial charge on any atom is 0.306 e. The molecule has 1 atom stereocenters. The first-order valence-electron chi connectivity index (χ1n) is 26.4. The van der Waals surface area contributed by atoms with Crippen LogP contribution in [-0.2, 0) is 28.6 Å². The van der Waals surface area contributed by atoms with Crippen molar-refractivity contribution in [3.8, 4) is 0 Å². The van der Waals surface area contributed by atoms with Gasteiger partial charge in [-0.15, -0.1) is 0 Å². The van der Waals surface area contributed by atoms with Crippen molar-refractivity contribution in [1.82, 2.24) is 0 Å². The molecule has 0 aromatic heterocycles. The second-order valence-corrected chi connectivity index (χ2v) is 17.4. The van der Waals surface area contributed by atoms with Crippen molar-refractivity contribution in [2.75, 3.05) is 13.2 Å². The van der Waals surface area contributed by atoms with Crippen LogP contribution in [0.1, 0.15) is 252 Å². The van der Waals surface area contributed by atoms with E-state index in [1.54, 1.807) is 0 Å². The van der Waals surface area contributed by atoms with E-state index in [9.17, 15) is 14.4 Å². The Morgan fingerprint density at radius 3 is 1.03 bits per heavy atom. The largest absolute Gasteiger partial charge is 0.462 e. The van der Waals surface area contributed by atoms with Gasteiger partial charge in [0.25, 0.3) is 0 Å². The lowest BCUT2D eigenvalue weighted by molar-refractivity contribution is -0.167. The van der Waals surface area contributed by atoms with Crippen LogP contribution < -0.4 is 0 Å². The highest BCUT2D eigenvalue weighted by Crippen LogP contribution is 2.14. The number of esters is 3. The minimum atomic E-state index is -0.801. The van der Waals surface area contributed by atoms with Crippen LogP contribution in [0.4, 0.5) is 0 Å².